The summed E-state index contributed by atoms with van der Waals surface area (Å²) in [6.45, 7) is 2.03. The Morgan fingerprint density at radius 1 is 1.04 bits per heavy atom. The van der Waals surface area contributed by atoms with Gasteiger partial charge in [0.15, 0.2) is 0 Å². The molecule has 27 heavy (non-hydrogen) atoms. The summed E-state index contributed by atoms with van der Waals surface area (Å²) in [4.78, 5) is 17.2. The molecule has 3 aromatic carbocycles. The molecular weight excluding hydrogens is 360 g/mol. The van der Waals surface area contributed by atoms with E-state index in [9.17, 15) is 10.1 Å². The number of benzene rings is 3. The summed E-state index contributed by atoms with van der Waals surface area (Å²) < 4.78 is 5.14. The van der Waals surface area contributed by atoms with Gasteiger partial charge in [0.25, 0.3) is 5.69 Å². The number of rotatable bonds is 6. The molecule has 0 aliphatic heterocycles. The second kappa shape index (κ2) is 8.51. The minimum atomic E-state index is -0.398. The number of nitro groups is 1. The van der Waals surface area contributed by atoms with Crippen LogP contribution in [0.4, 0.5) is 11.4 Å². The second-order valence-electron chi connectivity index (χ2n) is 5.85. The number of aryl methyl sites for hydroxylation is 1. The maximum Gasteiger partial charge on any atom is 0.270 e. The highest BCUT2D eigenvalue weighted by Crippen LogP contribution is 2.32. The van der Waals surface area contributed by atoms with E-state index in [4.69, 9.17) is 4.74 Å². The van der Waals surface area contributed by atoms with Crippen molar-refractivity contribution in [3.8, 4) is 5.75 Å². The summed E-state index contributed by atoms with van der Waals surface area (Å²) in [6.07, 6.45) is 1.66. The standard InChI is InChI=1S/C21H18N2O3S/c1-15-3-10-20(11-4-15)27-21-12-7-18(23(24)25)13-16(21)14-22-17-5-8-19(26-2)9-6-17/h3-14H,1-2H3. The molecule has 0 unspecified atom stereocenters. The summed E-state index contributed by atoms with van der Waals surface area (Å²) in [5.41, 5.74) is 2.67. The Kier molecular flexibility index (Phi) is 5.88. The van der Waals surface area contributed by atoms with Crippen molar-refractivity contribution in [2.24, 2.45) is 4.99 Å². The largest absolute Gasteiger partial charge is 0.497 e. The van der Waals surface area contributed by atoms with Crippen LogP contribution in [-0.2, 0) is 0 Å². The van der Waals surface area contributed by atoms with E-state index in [1.54, 1.807) is 37.2 Å². The molecule has 0 radical (unpaired) electrons. The van der Waals surface area contributed by atoms with Crippen LogP contribution in [0, 0.1) is 17.0 Å². The smallest absolute Gasteiger partial charge is 0.270 e. The van der Waals surface area contributed by atoms with E-state index >= 15 is 0 Å². The van der Waals surface area contributed by atoms with Gasteiger partial charge in [0.05, 0.1) is 17.7 Å². The van der Waals surface area contributed by atoms with Crippen molar-refractivity contribution in [3.05, 3.63) is 88.0 Å². The molecule has 0 aromatic heterocycles. The van der Waals surface area contributed by atoms with E-state index in [0.717, 1.165) is 21.2 Å². The van der Waals surface area contributed by atoms with E-state index in [-0.39, 0.29) is 5.69 Å². The molecule has 0 N–H and O–H groups in total. The minimum Gasteiger partial charge on any atom is -0.497 e. The molecule has 3 aromatic rings. The van der Waals surface area contributed by atoms with Crippen molar-refractivity contribution in [2.75, 3.05) is 7.11 Å². The van der Waals surface area contributed by atoms with Crippen LogP contribution in [0.1, 0.15) is 11.1 Å². The van der Waals surface area contributed by atoms with Crippen molar-refractivity contribution < 1.29 is 9.66 Å². The zero-order valence-corrected chi connectivity index (χ0v) is 15.8. The van der Waals surface area contributed by atoms with Gasteiger partial charge in [0.1, 0.15) is 5.75 Å². The number of ether oxygens (including phenoxy) is 1. The molecule has 0 saturated heterocycles. The lowest BCUT2D eigenvalue weighted by Gasteiger charge is -2.06. The van der Waals surface area contributed by atoms with Crippen LogP contribution in [0.25, 0.3) is 0 Å². The Bertz CT molecular complexity index is 968. The fraction of sp³-hybridized carbons (Fsp3) is 0.0952. The first-order chi connectivity index (χ1) is 13.0. The Hall–Kier alpha value is -3.12. The quantitative estimate of drug-likeness (QED) is 0.308. The lowest BCUT2D eigenvalue weighted by atomic mass is 10.2. The predicted molar refractivity (Wildman–Crippen MR) is 109 cm³/mol. The van der Waals surface area contributed by atoms with Gasteiger partial charge in [-0.25, -0.2) is 0 Å². The molecular formula is C21H18N2O3S. The number of hydrogen-bond donors (Lipinski definition) is 0. The Morgan fingerprint density at radius 2 is 1.74 bits per heavy atom. The topological polar surface area (TPSA) is 64.7 Å². The van der Waals surface area contributed by atoms with Gasteiger partial charge < -0.3 is 4.74 Å². The Labute approximate surface area is 161 Å². The first-order valence-corrected chi connectivity index (χ1v) is 9.08. The number of non-ortho nitro benzene ring substituents is 1. The van der Waals surface area contributed by atoms with Crippen molar-refractivity contribution >= 4 is 29.4 Å². The van der Waals surface area contributed by atoms with Gasteiger partial charge in [-0.05, 0) is 49.4 Å². The van der Waals surface area contributed by atoms with E-state index in [2.05, 4.69) is 4.99 Å². The molecule has 0 atom stereocenters. The number of nitro benzene ring substituents is 1. The molecule has 5 nitrogen and oxygen atoms in total. The fourth-order valence-electron chi connectivity index (χ4n) is 2.39. The molecule has 6 heteroatoms. The number of aliphatic imine (C=N–C) groups is 1. The number of methoxy groups -OCH3 is 1. The summed E-state index contributed by atoms with van der Waals surface area (Å²) in [7, 11) is 1.61. The maximum atomic E-state index is 11.1. The van der Waals surface area contributed by atoms with Gasteiger partial charge in [-0.1, -0.05) is 29.5 Å². The molecule has 0 spiro atoms. The van der Waals surface area contributed by atoms with Gasteiger partial charge in [-0.3, -0.25) is 15.1 Å². The zero-order valence-electron chi connectivity index (χ0n) is 15.0. The normalized spacial score (nSPS) is 10.9. The van der Waals surface area contributed by atoms with Gasteiger partial charge in [-0.15, -0.1) is 0 Å². The maximum absolute atomic E-state index is 11.1. The van der Waals surface area contributed by atoms with Crippen molar-refractivity contribution in [3.63, 3.8) is 0 Å². The monoisotopic (exact) mass is 378 g/mol. The minimum absolute atomic E-state index is 0.0411. The third kappa shape index (κ3) is 4.95. The Morgan fingerprint density at radius 3 is 2.37 bits per heavy atom. The fourth-order valence-corrected chi connectivity index (χ4v) is 3.28. The second-order valence-corrected chi connectivity index (χ2v) is 6.97. The number of hydrogen-bond acceptors (Lipinski definition) is 5. The van der Waals surface area contributed by atoms with Crippen LogP contribution in [0.15, 0.2) is 81.5 Å². The van der Waals surface area contributed by atoms with Crippen molar-refractivity contribution in [2.45, 2.75) is 16.7 Å². The third-order valence-corrected chi connectivity index (χ3v) is 4.98. The highest BCUT2D eigenvalue weighted by molar-refractivity contribution is 7.99. The average Bonchev–Trinajstić information content (AvgIpc) is 2.69. The van der Waals surface area contributed by atoms with Gasteiger partial charge in [-0.2, -0.15) is 0 Å². The van der Waals surface area contributed by atoms with Crippen LogP contribution in [-0.4, -0.2) is 18.2 Å². The van der Waals surface area contributed by atoms with E-state index in [0.29, 0.717) is 5.56 Å². The van der Waals surface area contributed by atoms with E-state index in [1.165, 1.54) is 11.6 Å². The van der Waals surface area contributed by atoms with E-state index < -0.39 is 4.92 Å². The van der Waals surface area contributed by atoms with Crippen molar-refractivity contribution in [1.82, 2.24) is 0 Å². The molecule has 0 heterocycles. The van der Waals surface area contributed by atoms with Crippen LogP contribution in [0.3, 0.4) is 0 Å². The third-order valence-electron chi connectivity index (χ3n) is 3.88. The summed E-state index contributed by atoms with van der Waals surface area (Å²) in [6, 6.07) is 20.3. The molecule has 0 aliphatic rings. The lowest BCUT2D eigenvalue weighted by Crippen LogP contribution is -1.92. The molecule has 0 bridgehead atoms. The van der Waals surface area contributed by atoms with Crippen LogP contribution in [0.5, 0.6) is 5.75 Å². The summed E-state index contributed by atoms with van der Waals surface area (Å²) in [5, 5.41) is 11.1. The average molecular weight is 378 g/mol. The zero-order chi connectivity index (χ0) is 19.2. The summed E-state index contributed by atoms with van der Waals surface area (Å²) >= 11 is 1.55. The molecule has 0 saturated carbocycles. The van der Waals surface area contributed by atoms with Crippen LogP contribution >= 0.6 is 11.8 Å². The summed E-state index contributed by atoms with van der Waals surface area (Å²) in [5.74, 6) is 0.750. The van der Waals surface area contributed by atoms with Gasteiger partial charge in [0.2, 0.25) is 0 Å². The van der Waals surface area contributed by atoms with Gasteiger partial charge in [0, 0.05) is 33.7 Å². The first-order valence-electron chi connectivity index (χ1n) is 8.26. The van der Waals surface area contributed by atoms with E-state index in [1.807, 2.05) is 55.5 Å². The first kappa shape index (κ1) is 18.7. The predicted octanol–water partition coefficient (Wildman–Crippen LogP) is 5.81. The van der Waals surface area contributed by atoms with Gasteiger partial charge >= 0.3 is 0 Å². The van der Waals surface area contributed by atoms with Crippen molar-refractivity contribution in [1.29, 1.82) is 0 Å². The lowest BCUT2D eigenvalue weighted by molar-refractivity contribution is -0.384. The molecule has 0 fully saturated rings. The molecule has 3 rings (SSSR count). The molecule has 0 aliphatic carbocycles. The van der Waals surface area contributed by atoms with Crippen LogP contribution in [0.2, 0.25) is 0 Å². The van der Waals surface area contributed by atoms with Crippen LogP contribution < -0.4 is 4.74 Å². The molecule has 0 amide bonds. The highest BCUT2D eigenvalue weighted by atomic mass is 32.2. The highest BCUT2D eigenvalue weighted by Gasteiger charge is 2.11. The number of nitrogens with zero attached hydrogens (tertiary/aromatic N) is 2. The SMILES string of the molecule is COc1ccc(N=Cc2cc([N+](=O)[O-])ccc2Sc2ccc(C)cc2)cc1. The molecule has 136 valence electrons. The Balaban J connectivity index is 1.92.